The summed E-state index contributed by atoms with van der Waals surface area (Å²) < 4.78 is 37.6. The maximum Gasteiger partial charge on any atom is 0.416 e. The molecule has 1 aromatic rings. The van der Waals surface area contributed by atoms with Crippen molar-refractivity contribution < 1.29 is 27.9 Å². The zero-order valence-corrected chi connectivity index (χ0v) is 11.5. The summed E-state index contributed by atoms with van der Waals surface area (Å²) in [5, 5.41) is 11.6. The monoisotopic (exact) mass is 304 g/mol. The molecule has 0 radical (unpaired) electrons. The molecule has 0 saturated heterocycles. The van der Waals surface area contributed by atoms with Crippen LogP contribution in [0.15, 0.2) is 18.2 Å². The lowest BCUT2D eigenvalue weighted by Crippen LogP contribution is -2.24. The van der Waals surface area contributed by atoms with E-state index in [0.717, 1.165) is 12.1 Å². The third-order valence-corrected chi connectivity index (χ3v) is 2.73. The van der Waals surface area contributed by atoms with Crippen LogP contribution in [-0.4, -0.2) is 42.5 Å². The number of hydrogen-bond acceptors (Lipinski definition) is 3. The molecule has 0 aliphatic carbocycles. The van der Waals surface area contributed by atoms with Gasteiger partial charge in [-0.05, 0) is 18.2 Å². The molecule has 1 aromatic carbocycles. The number of amides is 1. The first-order valence-electron chi connectivity index (χ1n) is 6.01. The van der Waals surface area contributed by atoms with Gasteiger partial charge in [-0.15, -0.1) is 0 Å². The molecule has 0 aliphatic heterocycles. The van der Waals surface area contributed by atoms with Crippen molar-refractivity contribution in [1.82, 2.24) is 4.90 Å². The Labute approximate surface area is 119 Å². The minimum Gasteiger partial charge on any atom is -0.478 e. The van der Waals surface area contributed by atoms with Gasteiger partial charge in [-0.2, -0.15) is 13.2 Å². The minimum atomic E-state index is -4.61. The van der Waals surface area contributed by atoms with Crippen molar-refractivity contribution in [2.75, 3.05) is 26.0 Å². The molecular weight excluding hydrogens is 289 g/mol. The summed E-state index contributed by atoms with van der Waals surface area (Å²) in [5.41, 5.74) is -1.47. The lowest BCUT2D eigenvalue weighted by Gasteiger charge is -2.14. The Kier molecular flexibility index (Phi) is 5.17. The van der Waals surface area contributed by atoms with Crippen LogP contribution in [0.25, 0.3) is 0 Å². The van der Waals surface area contributed by atoms with Gasteiger partial charge in [-0.3, -0.25) is 4.79 Å². The minimum absolute atomic E-state index is 0.0436. The number of rotatable bonds is 5. The van der Waals surface area contributed by atoms with Gasteiger partial charge in [0, 0.05) is 32.7 Å². The van der Waals surface area contributed by atoms with Crippen molar-refractivity contribution in [1.29, 1.82) is 0 Å². The van der Waals surface area contributed by atoms with Gasteiger partial charge in [0.2, 0.25) is 5.91 Å². The molecule has 8 heteroatoms. The van der Waals surface area contributed by atoms with E-state index in [1.165, 1.54) is 4.90 Å². The SMILES string of the molecule is CN(C)C(=O)CCNc1ccc(C(F)(F)F)cc1C(=O)O. The predicted molar refractivity (Wildman–Crippen MR) is 70.2 cm³/mol. The first-order chi connectivity index (χ1) is 9.62. The highest BCUT2D eigenvalue weighted by atomic mass is 19.4. The van der Waals surface area contributed by atoms with Crippen LogP contribution in [0.3, 0.4) is 0 Å². The van der Waals surface area contributed by atoms with E-state index < -0.39 is 23.3 Å². The average Bonchev–Trinajstić information content (AvgIpc) is 2.37. The number of carboxylic acids is 1. The predicted octanol–water partition coefficient (Wildman–Crippen LogP) is 2.29. The van der Waals surface area contributed by atoms with Gasteiger partial charge in [0.05, 0.1) is 11.1 Å². The van der Waals surface area contributed by atoms with Crippen LogP contribution in [0.4, 0.5) is 18.9 Å². The van der Waals surface area contributed by atoms with E-state index in [-0.39, 0.29) is 24.6 Å². The van der Waals surface area contributed by atoms with Crippen LogP contribution in [-0.2, 0) is 11.0 Å². The van der Waals surface area contributed by atoms with Crippen molar-refractivity contribution in [3.8, 4) is 0 Å². The van der Waals surface area contributed by atoms with Crippen LogP contribution in [0.2, 0.25) is 0 Å². The summed E-state index contributed by atoms with van der Waals surface area (Å²) in [6.45, 7) is 0.128. The van der Waals surface area contributed by atoms with E-state index in [0.29, 0.717) is 6.07 Å². The molecule has 1 amide bonds. The first kappa shape index (κ1) is 16.8. The van der Waals surface area contributed by atoms with Crippen molar-refractivity contribution in [3.05, 3.63) is 29.3 Å². The molecule has 0 atom stereocenters. The normalized spacial score (nSPS) is 11.1. The summed E-state index contributed by atoms with van der Waals surface area (Å²) in [7, 11) is 3.15. The van der Waals surface area contributed by atoms with Crippen molar-refractivity contribution in [2.24, 2.45) is 0 Å². The van der Waals surface area contributed by atoms with Crippen LogP contribution < -0.4 is 5.32 Å². The van der Waals surface area contributed by atoms with Gasteiger partial charge in [0.15, 0.2) is 0 Å². The zero-order valence-electron chi connectivity index (χ0n) is 11.5. The number of hydrogen-bond donors (Lipinski definition) is 2. The highest BCUT2D eigenvalue weighted by molar-refractivity contribution is 5.94. The lowest BCUT2D eigenvalue weighted by atomic mass is 10.1. The first-order valence-corrected chi connectivity index (χ1v) is 6.01. The molecule has 0 fully saturated rings. The lowest BCUT2D eigenvalue weighted by molar-refractivity contribution is -0.137. The molecule has 0 aliphatic rings. The number of carboxylic acid groups (broad SMARTS) is 1. The topological polar surface area (TPSA) is 69.6 Å². The Balaban J connectivity index is 2.88. The second-order valence-electron chi connectivity index (χ2n) is 4.53. The second kappa shape index (κ2) is 6.47. The Morgan fingerprint density at radius 1 is 1.29 bits per heavy atom. The fourth-order valence-corrected chi connectivity index (χ4v) is 1.58. The molecule has 0 unspecified atom stereocenters. The summed E-state index contributed by atoms with van der Waals surface area (Å²) in [4.78, 5) is 23.7. The van der Waals surface area contributed by atoms with Crippen LogP contribution in [0, 0.1) is 0 Å². The average molecular weight is 304 g/mol. The highest BCUT2D eigenvalue weighted by Gasteiger charge is 2.31. The highest BCUT2D eigenvalue weighted by Crippen LogP contribution is 2.31. The fourth-order valence-electron chi connectivity index (χ4n) is 1.58. The third-order valence-electron chi connectivity index (χ3n) is 2.73. The Morgan fingerprint density at radius 2 is 1.90 bits per heavy atom. The number of nitrogens with one attached hydrogen (secondary N) is 1. The van der Waals surface area contributed by atoms with E-state index in [9.17, 15) is 22.8 Å². The Hall–Kier alpha value is -2.25. The maximum absolute atomic E-state index is 12.5. The van der Waals surface area contributed by atoms with E-state index in [2.05, 4.69) is 5.32 Å². The van der Waals surface area contributed by atoms with E-state index in [1.807, 2.05) is 0 Å². The van der Waals surface area contributed by atoms with Gasteiger partial charge in [0.1, 0.15) is 0 Å². The molecule has 1 rings (SSSR count). The molecule has 5 nitrogen and oxygen atoms in total. The standard InChI is InChI=1S/C13H15F3N2O3/c1-18(2)11(19)5-6-17-10-4-3-8(13(14,15)16)7-9(10)12(20)21/h3-4,7,17H,5-6H2,1-2H3,(H,20,21). The number of carbonyl (C=O) groups excluding carboxylic acids is 1. The molecule has 116 valence electrons. The number of aromatic carboxylic acids is 1. The van der Waals surface area contributed by atoms with Crippen molar-refractivity contribution >= 4 is 17.6 Å². The third kappa shape index (κ3) is 4.66. The molecule has 0 spiro atoms. The molecule has 0 bridgehead atoms. The number of halogens is 3. The molecule has 0 heterocycles. The summed E-state index contributed by atoms with van der Waals surface area (Å²) in [5.74, 6) is -1.64. The number of alkyl halides is 3. The van der Waals surface area contributed by atoms with E-state index >= 15 is 0 Å². The number of nitrogens with zero attached hydrogens (tertiary/aromatic N) is 1. The van der Waals surface area contributed by atoms with Crippen molar-refractivity contribution in [2.45, 2.75) is 12.6 Å². The van der Waals surface area contributed by atoms with E-state index in [1.54, 1.807) is 14.1 Å². The smallest absolute Gasteiger partial charge is 0.416 e. The maximum atomic E-state index is 12.5. The van der Waals surface area contributed by atoms with Gasteiger partial charge >= 0.3 is 12.1 Å². The van der Waals surface area contributed by atoms with Gasteiger partial charge in [-0.25, -0.2) is 4.79 Å². The second-order valence-corrected chi connectivity index (χ2v) is 4.53. The molecule has 2 N–H and O–H groups in total. The van der Waals surface area contributed by atoms with Gasteiger partial charge in [-0.1, -0.05) is 0 Å². The van der Waals surface area contributed by atoms with Crippen LogP contribution in [0.5, 0.6) is 0 Å². The molecule has 0 aromatic heterocycles. The summed E-state index contributed by atoms with van der Waals surface area (Å²) >= 11 is 0. The van der Waals surface area contributed by atoms with Crippen LogP contribution >= 0.6 is 0 Å². The quantitative estimate of drug-likeness (QED) is 0.875. The van der Waals surface area contributed by atoms with Crippen LogP contribution in [0.1, 0.15) is 22.3 Å². The summed E-state index contributed by atoms with van der Waals surface area (Å²) in [6.07, 6.45) is -4.50. The molecule has 0 saturated carbocycles. The van der Waals surface area contributed by atoms with E-state index in [4.69, 9.17) is 5.11 Å². The van der Waals surface area contributed by atoms with Gasteiger partial charge in [0.25, 0.3) is 0 Å². The van der Waals surface area contributed by atoms with Crippen molar-refractivity contribution in [3.63, 3.8) is 0 Å². The summed E-state index contributed by atoms with van der Waals surface area (Å²) in [6, 6.07) is 2.41. The molecular formula is C13H15F3N2O3. The number of anilines is 1. The van der Waals surface area contributed by atoms with Gasteiger partial charge < -0.3 is 15.3 Å². The zero-order chi connectivity index (χ0) is 16.2. The fraction of sp³-hybridized carbons (Fsp3) is 0.385. The number of benzene rings is 1. The number of carbonyl (C=O) groups is 2. The Bertz CT molecular complexity index is 542. The molecule has 21 heavy (non-hydrogen) atoms. The Morgan fingerprint density at radius 3 is 2.38 bits per heavy atom. The largest absolute Gasteiger partial charge is 0.478 e.